The summed E-state index contributed by atoms with van der Waals surface area (Å²) in [6, 6.07) is 102. The molecular weight excluding hydrogens is 1200 g/mol. The maximum Gasteiger partial charge on any atom is 0.135 e. The molecule has 0 amide bonds. The lowest BCUT2D eigenvalue weighted by molar-refractivity contribution is -0.0399. The summed E-state index contributed by atoms with van der Waals surface area (Å²) in [7, 11) is 0. The smallest absolute Gasteiger partial charge is 0.135 e. The number of benzene rings is 14. The Balaban J connectivity index is 0.000000122. The summed E-state index contributed by atoms with van der Waals surface area (Å²) >= 11 is 1.89. The summed E-state index contributed by atoms with van der Waals surface area (Å²) in [5, 5.41) is 15.6. The first-order chi connectivity index (χ1) is 48.5. The van der Waals surface area contributed by atoms with Crippen LogP contribution in [0.15, 0.2) is 271 Å². The SMILES string of the molecule is c1ccc2c(c1)-c1cc(-c3c4ccccc4c(-c4ccc5oc6ccccc6c5c4)c4ccccc34)ccc1C21C2CC3CC(C2)CC1C3.c1ccc2c(c1)-c1cc(-c3c4ccccc4c(-c4ccc5sc6ccccc6c5c4)c4ccccc34)ccc1C21C2CC3CC(C2)CC1C3. The molecule has 10 aliphatic rings. The third kappa shape index (κ3) is 7.42. The van der Waals surface area contributed by atoms with Gasteiger partial charge in [0.25, 0.3) is 0 Å². The molecule has 2 aromatic heterocycles. The fraction of sp³-hybridized carbons (Fsp3) is 0.208. The number of hydrogen-bond donors (Lipinski definition) is 0. The largest absolute Gasteiger partial charge is 0.456 e. The molecule has 26 rings (SSSR count). The Bertz CT molecular complexity index is 5580. The van der Waals surface area contributed by atoms with Gasteiger partial charge < -0.3 is 4.42 Å². The molecule has 0 saturated heterocycles. The fourth-order valence-electron chi connectivity index (χ4n) is 23.9. The number of fused-ring (bicyclic) bond motifs is 16. The lowest BCUT2D eigenvalue weighted by atomic mass is 9.43. The van der Waals surface area contributed by atoms with E-state index in [0.717, 1.165) is 58.5 Å². The average Bonchev–Trinajstić information content (AvgIpc) is 1.46. The first-order valence-electron chi connectivity index (χ1n) is 36.7. The van der Waals surface area contributed by atoms with Gasteiger partial charge >= 0.3 is 0 Å². The van der Waals surface area contributed by atoms with Crippen LogP contribution in [-0.2, 0) is 10.8 Å². The van der Waals surface area contributed by atoms with Crippen LogP contribution >= 0.6 is 11.3 Å². The molecule has 0 N–H and O–H groups in total. The van der Waals surface area contributed by atoms with Crippen LogP contribution in [0.1, 0.15) is 86.5 Å². The van der Waals surface area contributed by atoms with Crippen LogP contribution in [0.25, 0.3) is 152 Å². The van der Waals surface area contributed by atoms with Crippen LogP contribution in [0.3, 0.4) is 0 Å². The quantitative estimate of drug-likeness (QED) is 0.160. The number of rotatable bonds is 4. The molecular formula is C96H72OS. The predicted octanol–water partition coefficient (Wildman–Crippen LogP) is 26.4. The van der Waals surface area contributed by atoms with E-state index in [9.17, 15) is 0 Å². The molecule has 14 aromatic carbocycles. The van der Waals surface area contributed by atoms with Gasteiger partial charge in [0, 0.05) is 41.8 Å². The van der Waals surface area contributed by atoms with Crippen LogP contribution in [0.4, 0.5) is 0 Å². The first-order valence-corrected chi connectivity index (χ1v) is 37.5. The summed E-state index contributed by atoms with van der Waals surface area (Å²) in [5.74, 6) is 6.95. The Morgan fingerprint density at radius 3 is 1.00 bits per heavy atom. The van der Waals surface area contributed by atoms with E-state index in [0.29, 0.717) is 0 Å². The fourth-order valence-corrected chi connectivity index (χ4v) is 25.0. The zero-order valence-corrected chi connectivity index (χ0v) is 55.7. The summed E-state index contributed by atoms with van der Waals surface area (Å²) < 4.78 is 8.94. The van der Waals surface area contributed by atoms with Gasteiger partial charge in [0.1, 0.15) is 11.2 Å². The van der Waals surface area contributed by atoms with Crippen molar-refractivity contribution in [2.24, 2.45) is 47.3 Å². The number of thiophene rings is 1. The van der Waals surface area contributed by atoms with Crippen LogP contribution in [-0.4, -0.2) is 0 Å². The molecule has 8 saturated carbocycles. The maximum atomic E-state index is 6.23. The van der Waals surface area contributed by atoms with Crippen molar-refractivity contribution < 1.29 is 4.42 Å². The molecule has 2 heterocycles. The minimum absolute atomic E-state index is 0.196. The molecule has 0 atom stereocenters. The van der Waals surface area contributed by atoms with Crippen molar-refractivity contribution in [3.63, 3.8) is 0 Å². The van der Waals surface area contributed by atoms with Crippen molar-refractivity contribution in [2.75, 3.05) is 0 Å². The highest BCUT2D eigenvalue weighted by atomic mass is 32.1. The van der Waals surface area contributed by atoms with Gasteiger partial charge in [0.05, 0.1) is 0 Å². The summed E-state index contributed by atoms with van der Waals surface area (Å²) in [6.45, 7) is 0. The second-order valence-corrected chi connectivity index (χ2v) is 32.3. The number of para-hydroxylation sites is 1. The molecule has 8 bridgehead atoms. The van der Waals surface area contributed by atoms with E-state index >= 15 is 0 Å². The van der Waals surface area contributed by atoms with Crippen LogP contribution in [0, 0.1) is 47.3 Å². The van der Waals surface area contributed by atoms with Crippen LogP contribution < -0.4 is 0 Å². The third-order valence-corrected chi connectivity index (χ3v) is 28.0. The molecule has 0 aliphatic heterocycles. The Labute approximate surface area is 575 Å². The second-order valence-electron chi connectivity index (χ2n) is 31.3. The number of furan rings is 1. The van der Waals surface area contributed by atoms with Crippen LogP contribution in [0.5, 0.6) is 0 Å². The molecule has 16 aromatic rings. The summed E-state index contributed by atoms with van der Waals surface area (Å²) in [6.07, 6.45) is 14.3. The van der Waals surface area contributed by atoms with E-state index in [-0.39, 0.29) is 10.8 Å². The molecule has 468 valence electrons. The third-order valence-electron chi connectivity index (χ3n) is 26.9. The van der Waals surface area contributed by atoms with Gasteiger partial charge in [-0.25, -0.2) is 0 Å². The zero-order chi connectivity index (χ0) is 63.7. The summed E-state index contributed by atoms with van der Waals surface area (Å²) in [5.41, 5.74) is 25.3. The Kier molecular flexibility index (Phi) is 11.5. The zero-order valence-electron chi connectivity index (χ0n) is 54.9. The standard InChI is InChI=1S/C48H36O.C48H36S/c2*1-3-13-38-36(11-1)46(37-12-2-4-14-39(37)47(38)31-18-20-45-41(27-31)35-10-6-8-16-44(35)49-45)30-17-19-43-40(26-30)34-9-5-7-15-42(34)48(43)32-22-28-21-29(24-32)25-33(48)23-28/h2*1-20,26-29,32-33H,21-25H2. The minimum Gasteiger partial charge on any atom is -0.456 e. The monoisotopic (exact) mass is 1270 g/mol. The molecule has 10 aliphatic carbocycles. The van der Waals surface area contributed by atoms with E-state index in [1.54, 1.807) is 22.3 Å². The molecule has 1 nitrogen and oxygen atoms in total. The van der Waals surface area contributed by atoms with E-state index in [2.05, 4.69) is 261 Å². The van der Waals surface area contributed by atoms with Gasteiger partial charge in [-0.15, -0.1) is 11.3 Å². The lowest BCUT2D eigenvalue weighted by Gasteiger charge is -2.61. The van der Waals surface area contributed by atoms with E-state index < -0.39 is 0 Å². The normalized spacial score (nSPS) is 24.8. The van der Waals surface area contributed by atoms with Crippen molar-refractivity contribution >= 4 is 96.5 Å². The van der Waals surface area contributed by atoms with Crippen molar-refractivity contribution in [1.82, 2.24) is 0 Å². The molecule has 98 heavy (non-hydrogen) atoms. The van der Waals surface area contributed by atoms with Crippen molar-refractivity contribution in [2.45, 2.75) is 75.0 Å². The number of hydrogen-bond acceptors (Lipinski definition) is 2. The van der Waals surface area contributed by atoms with Gasteiger partial charge in [0.15, 0.2) is 0 Å². The van der Waals surface area contributed by atoms with Gasteiger partial charge in [-0.1, -0.05) is 218 Å². The predicted molar refractivity (Wildman–Crippen MR) is 411 cm³/mol. The second kappa shape index (κ2) is 20.4. The van der Waals surface area contributed by atoms with Gasteiger partial charge in [-0.3, -0.25) is 0 Å². The van der Waals surface area contributed by atoms with Gasteiger partial charge in [-0.05, 0) is 292 Å². The minimum atomic E-state index is 0.196. The highest BCUT2D eigenvalue weighted by Crippen LogP contribution is 2.72. The Morgan fingerprint density at radius 2 is 0.551 bits per heavy atom. The van der Waals surface area contributed by atoms with Crippen molar-refractivity contribution in [3.05, 3.63) is 289 Å². The average molecular weight is 1270 g/mol. The summed E-state index contributed by atoms with van der Waals surface area (Å²) in [4.78, 5) is 0. The molecule has 8 fully saturated rings. The Hall–Kier alpha value is -9.86. The van der Waals surface area contributed by atoms with Gasteiger partial charge in [-0.2, -0.15) is 0 Å². The van der Waals surface area contributed by atoms with Crippen molar-refractivity contribution in [1.29, 1.82) is 0 Å². The molecule has 2 spiro atoms. The topological polar surface area (TPSA) is 13.1 Å². The molecule has 0 unspecified atom stereocenters. The Morgan fingerprint density at radius 1 is 0.235 bits per heavy atom. The van der Waals surface area contributed by atoms with Crippen LogP contribution in [0.2, 0.25) is 0 Å². The maximum absolute atomic E-state index is 6.23. The van der Waals surface area contributed by atoms with Gasteiger partial charge in [0.2, 0.25) is 0 Å². The molecule has 0 radical (unpaired) electrons. The van der Waals surface area contributed by atoms with E-state index in [1.807, 2.05) is 17.4 Å². The first kappa shape index (κ1) is 55.2. The lowest BCUT2D eigenvalue weighted by Crippen LogP contribution is -2.55. The highest BCUT2D eigenvalue weighted by molar-refractivity contribution is 7.25. The van der Waals surface area contributed by atoms with E-state index in [4.69, 9.17) is 4.42 Å². The molecule has 2 heteroatoms. The highest BCUT2D eigenvalue weighted by Gasteiger charge is 2.63. The van der Waals surface area contributed by atoms with E-state index in [1.165, 1.54) is 205 Å². The van der Waals surface area contributed by atoms with Crippen molar-refractivity contribution in [3.8, 4) is 66.8 Å².